The first-order valence-corrected chi connectivity index (χ1v) is 8.27. The van der Waals surface area contributed by atoms with Crippen LogP contribution in [0.4, 0.5) is 33.2 Å². The molecule has 0 radical (unpaired) electrons. The number of alkyl halides is 1. The predicted molar refractivity (Wildman–Crippen MR) is 92.0 cm³/mol. The summed E-state index contributed by atoms with van der Waals surface area (Å²) in [6, 6.07) is 0. The van der Waals surface area contributed by atoms with Crippen LogP contribution in [-0.4, -0.2) is 100 Å². The molecular weight excluding hydrogens is 487 g/mol. The van der Waals surface area contributed by atoms with E-state index in [-0.39, 0.29) is 26.4 Å². The Balaban J connectivity index is -0.000000387. The summed E-state index contributed by atoms with van der Waals surface area (Å²) < 4.78 is 43.3. The molecule has 19 heteroatoms. The number of cyclic esters (lactones) is 2. The normalized spacial score (nSPS) is 13.5. The van der Waals surface area contributed by atoms with Crippen molar-refractivity contribution < 1.29 is 91.5 Å². The first-order valence-electron chi connectivity index (χ1n) is 8.27. The van der Waals surface area contributed by atoms with Gasteiger partial charge >= 0.3 is 24.6 Å². The summed E-state index contributed by atoms with van der Waals surface area (Å²) in [6.45, 7) is 0.0961. The van der Waals surface area contributed by atoms with Crippen molar-refractivity contribution in [1.29, 1.82) is 0 Å². The number of halogens is 1. The van der Waals surface area contributed by atoms with Crippen LogP contribution in [0, 0.1) is 0 Å². The molecule has 0 aliphatic carbocycles. The number of carbonyl (C=O) groups excluding carboxylic acids is 4. The van der Waals surface area contributed by atoms with Crippen LogP contribution in [0.3, 0.4) is 0 Å². The molecule has 0 aromatic heterocycles. The maximum Gasteiger partial charge on any atom is 0.511 e. The Bertz CT molecular complexity index is 615. The van der Waals surface area contributed by atoms with Crippen molar-refractivity contribution in [2.24, 2.45) is 0 Å². The molecule has 18 nitrogen and oxygen atoms in total. The summed E-state index contributed by atoms with van der Waals surface area (Å²) >= 11 is 0. The van der Waals surface area contributed by atoms with Crippen LogP contribution in [-0.2, 0) is 37.9 Å². The number of rotatable bonds is 6. The predicted octanol–water partition coefficient (Wildman–Crippen LogP) is -0.682. The summed E-state index contributed by atoms with van der Waals surface area (Å²) in [5, 5.41) is 35.0. The summed E-state index contributed by atoms with van der Waals surface area (Å²) in [6.07, 6.45) is -10.3. The van der Waals surface area contributed by atoms with E-state index in [0.717, 1.165) is 0 Å². The third kappa shape index (κ3) is 32.2. The zero-order valence-corrected chi connectivity index (χ0v) is 17.8. The van der Waals surface area contributed by atoms with Gasteiger partial charge in [0, 0.05) is 0 Å². The van der Waals surface area contributed by atoms with Crippen LogP contribution in [0.15, 0.2) is 0 Å². The maximum absolute atomic E-state index is 11.6. The molecule has 1 heterocycles. The Morgan fingerprint density at radius 1 is 1.00 bits per heavy atom. The first kappa shape index (κ1) is 34.2. The van der Waals surface area contributed by atoms with E-state index in [4.69, 9.17) is 10.2 Å². The third-order valence-corrected chi connectivity index (χ3v) is 2.16. The molecule has 198 valence electrons. The van der Waals surface area contributed by atoms with Crippen LogP contribution in [0.1, 0.15) is 6.92 Å². The standard InChI is InChI=1S/C5H8O6.C4H6O6.C3H3FO3.C3H6O3/c1-3(11-5(8)9)2-10-4(6)7;5-3(6)9-1-2-10-4(7)8;4-2-1-6-3(5)7-2;1-5-3(4)6-2/h3H,2H2,1H3,(H,6,7)(H,8,9);1-2H2,(H,5,6)(H,7,8);2H,1H2;1-2H3/p-2. The molecule has 0 bridgehead atoms. The molecule has 34 heavy (non-hydrogen) atoms. The maximum atomic E-state index is 11.6. The lowest BCUT2D eigenvalue weighted by atomic mass is 10.4. The Hall–Kier alpha value is -4.45. The molecule has 1 saturated heterocycles. The number of carbonyl (C=O) groups is 6. The first-order chi connectivity index (χ1) is 15.7. The summed E-state index contributed by atoms with van der Waals surface area (Å²) in [4.78, 5) is 58.1. The Morgan fingerprint density at radius 2 is 1.50 bits per heavy atom. The minimum Gasteiger partial charge on any atom is -0.546 e. The molecule has 1 fully saturated rings. The average Bonchev–Trinajstić information content (AvgIpc) is 3.12. The third-order valence-electron chi connectivity index (χ3n) is 2.16. The molecule has 0 saturated carbocycles. The second-order valence-electron chi connectivity index (χ2n) is 4.72. The SMILES string of the molecule is CC(COC(=O)O)OC(=O)[O-].COC(=O)OC.O=C([O-])OCCOC(=O)O.O=C1OCC(F)O1. The van der Waals surface area contributed by atoms with Crippen molar-refractivity contribution in [3.05, 3.63) is 0 Å². The van der Waals surface area contributed by atoms with Crippen molar-refractivity contribution in [3.63, 3.8) is 0 Å². The van der Waals surface area contributed by atoms with Gasteiger partial charge in [0.1, 0.15) is 13.2 Å². The number of hydrogen-bond donors (Lipinski definition) is 2. The molecule has 1 aliphatic rings. The van der Waals surface area contributed by atoms with E-state index in [1.54, 1.807) is 0 Å². The quantitative estimate of drug-likeness (QED) is 0.255. The molecule has 2 unspecified atom stereocenters. The van der Waals surface area contributed by atoms with E-state index < -0.39 is 49.4 Å². The Kier molecular flexibility index (Phi) is 21.9. The fourth-order valence-corrected chi connectivity index (χ4v) is 1.03. The zero-order valence-electron chi connectivity index (χ0n) is 17.8. The summed E-state index contributed by atoms with van der Waals surface area (Å²) in [5.74, 6) is 0. The van der Waals surface area contributed by atoms with Gasteiger partial charge in [0.05, 0.1) is 26.9 Å². The molecule has 1 rings (SSSR count). The molecule has 2 N–H and O–H groups in total. The molecule has 0 spiro atoms. The van der Waals surface area contributed by atoms with Crippen molar-refractivity contribution in [3.8, 4) is 0 Å². The lowest BCUT2D eigenvalue weighted by Gasteiger charge is -2.15. The van der Waals surface area contributed by atoms with Crippen LogP contribution < -0.4 is 10.2 Å². The average molecular weight is 508 g/mol. The smallest absolute Gasteiger partial charge is 0.511 e. The second kappa shape index (κ2) is 21.8. The van der Waals surface area contributed by atoms with E-state index in [0.29, 0.717) is 0 Å². The topological polar surface area (TPSA) is 263 Å². The van der Waals surface area contributed by atoms with Crippen molar-refractivity contribution in [2.75, 3.05) is 40.6 Å². The molecule has 0 amide bonds. The van der Waals surface area contributed by atoms with Gasteiger partial charge in [0.25, 0.3) is 18.7 Å². The monoisotopic (exact) mass is 508 g/mol. The van der Waals surface area contributed by atoms with E-state index in [1.165, 1.54) is 21.1 Å². The van der Waals surface area contributed by atoms with E-state index in [1.807, 2.05) is 0 Å². The number of carboxylic acid groups (broad SMARTS) is 4. The lowest BCUT2D eigenvalue weighted by molar-refractivity contribution is -0.288. The highest BCUT2D eigenvalue weighted by molar-refractivity contribution is 5.61. The van der Waals surface area contributed by atoms with Gasteiger partial charge in [0.15, 0.2) is 6.61 Å². The minimum atomic E-state index is -1.70. The largest absolute Gasteiger partial charge is 0.546 e. The lowest BCUT2D eigenvalue weighted by Crippen LogP contribution is -2.30. The molecular formula is C15H21FO18-2. The fourth-order valence-electron chi connectivity index (χ4n) is 1.03. The second-order valence-corrected chi connectivity index (χ2v) is 4.72. The van der Waals surface area contributed by atoms with Gasteiger partial charge in [-0.15, -0.1) is 0 Å². The van der Waals surface area contributed by atoms with Gasteiger partial charge in [0.2, 0.25) is 0 Å². The van der Waals surface area contributed by atoms with Gasteiger partial charge in [-0.05, 0) is 6.92 Å². The number of hydrogen-bond acceptors (Lipinski definition) is 16. The number of ether oxygens (including phenoxy) is 8. The van der Waals surface area contributed by atoms with Gasteiger partial charge in [-0.3, -0.25) is 0 Å². The van der Waals surface area contributed by atoms with Gasteiger partial charge < -0.3 is 67.9 Å². The van der Waals surface area contributed by atoms with E-state index >= 15 is 0 Å². The highest BCUT2D eigenvalue weighted by Crippen LogP contribution is 2.05. The highest BCUT2D eigenvalue weighted by Gasteiger charge is 2.23. The Labute approximate surface area is 189 Å². The van der Waals surface area contributed by atoms with Crippen LogP contribution in [0.2, 0.25) is 0 Å². The fraction of sp³-hybridized carbons (Fsp3) is 0.600. The van der Waals surface area contributed by atoms with Gasteiger partial charge in [-0.1, -0.05) is 0 Å². The molecule has 0 aromatic carbocycles. The van der Waals surface area contributed by atoms with E-state index in [2.05, 4.69) is 37.9 Å². The summed E-state index contributed by atoms with van der Waals surface area (Å²) in [7, 11) is 2.51. The summed E-state index contributed by atoms with van der Waals surface area (Å²) in [5.41, 5.74) is 0. The van der Waals surface area contributed by atoms with Crippen LogP contribution in [0.5, 0.6) is 0 Å². The van der Waals surface area contributed by atoms with Crippen molar-refractivity contribution >= 4 is 36.9 Å². The van der Waals surface area contributed by atoms with E-state index in [9.17, 15) is 43.4 Å². The molecule has 2 atom stereocenters. The molecule has 0 aromatic rings. The van der Waals surface area contributed by atoms with Crippen molar-refractivity contribution in [2.45, 2.75) is 19.4 Å². The van der Waals surface area contributed by atoms with Gasteiger partial charge in [-0.2, -0.15) is 4.39 Å². The van der Waals surface area contributed by atoms with Crippen molar-refractivity contribution in [1.82, 2.24) is 0 Å². The minimum absolute atomic E-state index is 0.265. The van der Waals surface area contributed by atoms with Gasteiger partial charge in [-0.25, -0.2) is 19.2 Å². The van der Waals surface area contributed by atoms with Crippen LogP contribution >= 0.6 is 0 Å². The molecule has 1 aliphatic heterocycles. The highest BCUT2D eigenvalue weighted by atomic mass is 19.1. The van der Waals surface area contributed by atoms with Crippen LogP contribution in [0.25, 0.3) is 0 Å². The Morgan fingerprint density at radius 3 is 1.76 bits per heavy atom. The zero-order chi connectivity index (χ0) is 27.1. The number of methoxy groups -OCH3 is 2.